The van der Waals surface area contributed by atoms with Gasteiger partial charge in [0.15, 0.2) is 0 Å². The molecule has 0 radical (unpaired) electrons. The Morgan fingerprint density at radius 2 is 2.22 bits per heavy atom. The summed E-state index contributed by atoms with van der Waals surface area (Å²) in [5.74, 6) is 5.53. The molecule has 92 valence electrons. The third-order valence-corrected chi connectivity index (χ3v) is 2.66. The van der Waals surface area contributed by atoms with Gasteiger partial charge < -0.3 is 9.30 Å². The highest BCUT2D eigenvalue weighted by atomic mass is 16.5. The molecule has 0 spiro atoms. The van der Waals surface area contributed by atoms with Crippen molar-refractivity contribution in [2.75, 3.05) is 6.61 Å². The highest BCUT2D eigenvalue weighted by Gasteiger charge is 1.98. The van der Waals surface area contributed by atoms with Gasteiger partial charge in [-0.15, -0.1) is 0 Å². The average Bonchev–Trinajstić information content (AvgIpc) is 2.71. The summed E-state index contributed by atoms with van der Waals surface area (Å²) in [5, 5.41) is 1.15. The van der Waals surface area contributed by atoms with E-state index in [1.807, 2.05) is 37.5 Å². The van der Waals surface area contributed by atoms with Crippen LogP contribution in [0.15, 0.2) is 30.5 Å². The summed E-state index contributed by atoms with van der Waals surface area (Å²) in [7, 11) is 2.01. The molecule has 2 rings (SSSR count). The van der Waals surface area contributed by atoms with Crippen molar-refractivity contribution in [3.63, 3.8) is 0 Å². The maximum absolute atomic E-state index is 11.1. The molecule has 0 aliphatic heterocycles. The summed E-state index contributed by atoms with van der Waals surface area (Å²) in [4.78, 5) is 11.1. The SMILES string of the molecule is CCOC(=O)CC#Cc1ccc2c(ccn2C)c1. The van der Waals surface area contributed by atoms with E-state index in [1.165, 1.54) is 5.52 Å². The number of fused-ring (bicyclic) bond motifs is 1. The molecule has 0 saturated carbocycles. The Labute approximate surface area is 106 Å². The highest BCUT2D eigenvalue weighted by Crippen LogP contribution is 2.15. The zero-order chi connectivity index (χ0) is 13.0. The standard InChI is InChI=1S/C15H15NO2/c1-3-18-15(17)6-4-5-12-7-8-14-13(11-12)9-10-16(14)2/h7-11H,3,6H2,1-2H3. The first-order valence-corrected chi connectivity index (χ1v) is 5.90. The molecule has 0 N–H and O–H groups in total. The van der Waals surface area contributed by atoms with Crippen LogP contribution in [0.25, 0.3) is 10.9 Å². The van der Waals surface area contributed by atoms with Crippen LogP contribution in [0.5, 0.6) is 0 Å². The maximum atomic E-state index is 11.1. The predicted molar refractivity (Wildman–Crippen MR) is 71.0 cm³/mol. The first-order valence-electron chi connectivity index (χ1n) is 5.90. The minimum absolute atomic E-state index is 0.140. The van der Waals surface area contributed by atoms with Crippen molar-refractivity contribution < 1.29 is 9.53 Å². The van der Waals surface area contributed by atoms with Gasteiger partial charge in [0.05, 0.1) is 6.61 Å². The van der Waals surface area contributed by atoms with E-state index in [1.54, 1.807) is 6.92 Å². The fourth-order valence-electron chi connectivity index (χ4n) is 1.79. The van der Waals surface area contributed by atoms with E-state index in [-0.39, 0.29) is 12.4 Å². The number of carbonyl (C=O) groups is 1. The molecule has 0 bridgehead atoms. The molecule has 3 nitrogen and oxygen atoms in total. The maximum Gasteiger partial charge on any atom is 0.317 e. The van der Waals surface area contributed by atoms with Crippen molar-refractivity contribution in [2.24, 2.45) is 7.05 Å². The second-order valence-electron chi connectivity index (χ2n) is 3.98. The lowest BCUT2D eigenvalue weighted by molar-refractivity contribution is -0.141. The van der Waals surface area contributed by atoms with Crippen molar-refractivity contribution in [3.8, 4) is 11.8 Å². The minimum Gasteiger partial charge on any atom is -0.465 e. The van der Waals surface area contributed by atoms with Gasteiger partial charge in [0.1, 0.15) is 6.42 Å². The van der Waals surface area contributed by atoms with Crippen LogP contribution in [-0.2, 0) is 16.6 Å². The molecule has 0 atom stereocenters. The Bertz CT molecular complexity index is 629. The molecule has 1 aromatic carbocycles. The smallest absolute Gasteiger partial charge is 0.317 e. The third-order valence-electron chi connectivity index (χ3n) is 2.66. The topological polar surface area (TPSA) is 31.2 Å². The number of hydrogen-bond acceptors (Lipinski definition) is 2. The lowest BCUT2D eigenvalue weighted by Gasteiger charge is -1.96. The molecule has 0 unspecified atom stereocenters. The summed E-state index contributed by atoms with van der Waals surface area (Å²) in [6.45, 7) is 2.19. The minimum atomic E-state index is -0.272. The van der Waals surface area contributed by atoms with Gasteiger partial charge in [0.2, 0.25) is 0 Å². The van der Waals surface area contributed by atoms with Crippen LogP contribution in [0.1, 0.15) is 18.9 Å². The molecule has 1 aromatic heterocycles. The number of benzene rings is 1. The Kier molecular flexibility index (Phi) is 3.69. The molecule has 0 aliphatic carbocycles. The first-order chi connectivity index (χ1) is 8.70. The van der Waals surface area contributed by atoms with E-state index in [2.05, 4.69) is 16.4 Å². The molecule has 18 heavy (non-hydrogen) atoms. The van der Waals surface area contributed by atoms with Crippen molar-refractivity contribution in [2.45, 2.75) is 13.3 Å². The monoisotopic (exact) mass is 241 g/mol. The summed E-state index contributed by atoms with van der Waals surface area (Å²) in [6, 6.07) is 8.06. The van der Waals surface area contributed by atoms with E-state index >= 15 is 0 Å². The van der Waals surface area contributed by atoms with Gasteiger partial charge >= 0.3 is 5.97 Å². The van der Waals surface area contributed by atoms with Gasteiger partial charge in [-0.3, -0.25) is 4.79 Å². The summed E-state index contributed by atoms with van der Waals surface area (Å²) < 4.78 is 6.87. The average molecular weight is 241 g/mol. The van der Waals surface area contributed by atoms with Gasteiger partial charge in [-0.2, -0.15) is 0 Å². The largest absolute Gasteiger partial charge is 0.465 e. The number of hydrogen-bond donors (Lipinski definition) is 0. The molecule has 0 amide bonds. The lowest BCUT2D eigenvalue weighted by Crippen LogP contribution is -2.01. The van der Waals surface area contributed by atoms with Crippen LogP contribution in [0, 0.1) is 11.8 Å². The highest BCUT2D eigenvalue weighted by molar-refractivity contribution is 5.81. The van der Waals surface area contributed by atoms with Gasteiger partial charge in [0.25, 0.3) is 0 Å². The quantitative estimate of drug-likeness (QED) is 0.597. The zero-order valence-corrected chi connectivity index (χ0v) is 10.6. The van der Waals surface area contributed by atoms with Crippen molar-refractivity contribution in [1.82, 2.24) is 4.57 Å². The first kappa shape index (κ1) is 12.3. The number of rotatable bonds is 2. The van der Waals surface area contributed by atoms with Crippen LogP contribution >= 0.6 is 0 Å². The number of carbonyl (C=O) groups excluding carboxylic acids is 1. The van der Waals surface area contributed by atoms with E-state index in [4.69, 9.17) is 4.74 Å². The number of aromatic nitrogens is 1. The summed E-state index contributed by atoms with van der Waals surface area (Å²) in [5.41, 5.74) is 2.09. The Morgan fingerprint density at radius 1 is 1.39 bits per heavy atom. The molecule has 2 aromatic rings. The number of nitrogens with zero attached hydrogens (tertiary/aromatic N) is 1. The number of ether oxygens (including phenoxy) is 1. The predicted octanol–water partition coefficient (Wildman–Crippen LogP) is 2.48. The molecule has 1 heterocycles. The normalized spacial score (nSPS) is 9.89. The molecule has 0 aliphatic rings. The van der Waals surface area contributed by atoms with Crippen LogP contribution in [0.3, 0.4) is 0 Å². The van der Waals surface area contributed by atoms with Crippen LogP contribution in [0.4, 0.5) is 0 Å². The second kappa shape index (κ2) is 5.42. The van der Waals surface area contributed by atoms with Crippen molar-refractivity contribution in [3.05, 3.63) is 36.0 Å². The van der Waals surface area contributed by atoms with Crippen LogP contribution in [0.2, 0.25) is 0 Å². The van der Waals surface area contributed by atoms with E-state index < -0.39 is 0 Å². The Morgan fingerprint density at radius 3 is 3.00 bits per heavy atom. The summed E-state index contributed by atoms with van der Waals surface area (Å²) in [6.07, 6.45) is 2.15. The van der Waals surface area contributed by atoms with Gasteiger partial charge in [-0.1, -0.05) is 11.8 Å². The fourth-order valence-corrected chi connectivity index (χ4v) is 1.79. The van der Waals surface area contributed by atoms with Gasteiger partial charge in [-0.05, 0) is 31.2 Å². The zero-order valence-electron chi connectivity index (χ0n) is 10.6. The van der Waals surface area contributed by atoms with Crippen molar-refractivity contribution in [1.29, 1.82) is 0 Å². The number of esters is 1. The third kappa shape index (κ3) is 2.72. The Hall–Kier alpha value is -2.21. The van der Waals surface area contributed by atoms with Crippen LogP contribution < -0.4 is 0 Å². The molecule has 0 fully saturated rings. The van der Waals surface area contributed by atoms with Gasteiger partial charge in [0, 0.05) is 29.7 Å². The molecule has 3 heteroatoms. The fraction of sp³-hybridized carbons (Fsp3) is 0.267. The summed E-state index contributed by atoms with van der Waals surface area (Å²) >= 11 is 0. The number of aryl methyl sites for hydroxylation is 1. The van der Waals surface area contributed by atoms with Crippen molar-refractivity contribution >= 4 is 16.9 Å². The molecule has 0 saturated heterocycles. The Balaban J connectivity index is 2.12. The molecular formula is C15H15NO2. The van der Waals surface area contributed by atoms with Gasteiger partial charge in [-0.25, -0.2) is 0 Å². The van der Waals surface area contributed by atoms with E-state index in [9.17, 15) is 4.79 Å². The van der Waals surface area contributed by atoms with Crippen LogP contribution in [-0.4, -0.2) is 17.1 Å². The second-order valence-corrected chi connectivity index (χ2v) is 3.98. The van der Waals surface area contributed by atoms with E-state index in [0.717, 1.165) is 10.9 Å². The van der Waals surface area contributed by atoms with E-state index in [0.29, 0.717) is 6.61 Å². The molecular weight excluding hydrogens is 226 g/mol. The lowest BCUT2D eigenvalue weighted by atomic mass is 10.1.